The molecule has 0 aliphatic carbocycles. The molecule has 1 aliphatic heterocycles. The van der Waals surface area contributed by atoms with Crippen LogP contribution < -0.4 is 0 Å². The predicted molar refractivity (Wildman–Crippen MR) is 45.3 cm³/mol. The molecule has 3 nitrogen and oxygen atoms in total. The summed E-state index contributed by atoms with van der Waals surface area (Å²) in [5, 5.41) is 0. The molecule has 0 aromatic heterocycles. The summed E-state index contributed by atoms with van der Waals surface area (Å²) in [6.07, 6.45) is 0.485. The smallest absolute Gasteiger partial charge is 0.130 e. The minimum Gasteiger partial charge on any atom is -0.382 e. The predicted octanol–water partition coefficient (Wildman–Crippen LogP) is 1.05. The van der Waals surface area contributed by atoms with Gasteiger partial charge < -0.3 is 28.1 Å². The van der Waals surface area contributed by atoms with Crippen LogP contribution in [0.1, 0.15) is 6.42 Å². The molecule has 0 amide bonds. The van der Waals surface area contributed by atoms with Gasteiger partial charge in [0.05, 0.1) is 6.10 Å². The molecule has 0 aromatic rings. The van der Waals surface area contributed by atoms with E-state index in [1.165, 1.54) is 0 Å². The molecule has 0 bridgehead atoms. The van der Waals surface area contributed by atoms with E-state index in [2.05, 4.69) is 13.8 Å². The molecular formula is C9H16O3-2. The summed E-state index contributed by atoms with van der Waals surface area (Å²) < 4.78 is 15.7. The molecule has 0 radical (unpaired) electrons. The Labute approximate surface area is 74.0 Å². The Balaban J connectivity index is 2.49. The second-order valence-corrected chi connectivity index (χ2v) is 3.05. The van der Waals surface area contributed by atoms with Crippen molar-refractivity contribution in [2.75, 3.05) is 14.2 Å². The van der Waals surface area contributed by atoms with E-state index >= 15 is 0 Å². The molecule has 72 valence electrons. The van der Waals surface area contributed by atoms with Crippen molar-refractivity contribution < 1.29 is 14.2 Å². The fourth-order valence-corrected chi connectivity index (χ4v) is 1.43. The third kappa shape index (κ3) is 1.97. The molecule has 0 saturated carbocycles. The lowest BCUT2D eigenvalue weighted by Crippen LogP contribution is -2.43. The molecule has 4 unspecified atom stereocenters. The summed E-state index contributed by atoms with van der Waals surface area (Å²) in [4.78, 5) is 0. The van der Waals surface area contributed by atoms with Crippen LogP contribution in [0.15, 0.2) is 0 Å². The lowest BCUT2D eigenvalue weighted by Gasteiger charge is -2.43. The normalized spacial score (nSPS) is 43.0. The van der Waals surface area contributed by atoms with E-state index < -0.39 is 0 Å². The number of hydrogen-bond acceptors (Lipinski definition) is 3. The highest BCUT2D eigenvalue weighted by Crippen LogP contribution is 2.26. The maximum Gasteiger partial charge on any atom is 0.130 e. The van der Waals surface area contributed by atoms with Crippen molar-refractivity contribution in [3.63, 3.8) is 0 Å². The number of methoxy groups -OCH3 is 2. The molecular weight excluding hydrogens is 156 g/mol. The van der Waals surface area contributed by atoms with Gasteiger partial charge in [-0.05, 0) is 12.5 Å². The fraction of sp³-hybridized carbons (Fsp3) is 0.778. The Bertz CT molecular complexity index is 122. The van der Waals surface area contributed by atoms with Crippen molar-refractivity contribution in [3.05, 3.63) is 13.8 Å². The number of hydrogen-bond donors (Lipinski definition) is 0. The van der Waals surface area contributed by atoms with E-state index in [0.29, 0.717) is 0 Å². The zero-order chi connectivity index (χ0) is 9.14. The average molecular weight is 172 g/mol. The number of rotatable bonds is 2. The monoisotopic (exact) mass is 172 g/mol. The van der Waals surface area contributed by atoms with E-state index in [1.807, 2.05) is 0 Å². The van der Waals surface area contributed by atoms with Crippen LogP contribution in [0.3, 0.4) is 0 Å². The van der Waals surface area contributed by atoms with Crippen molar-refractivity contribution in [2.45, 2.75) is 24.9 Å². The van der Waals surface area contributed by atoms with Crippen molar-refractivity contribution in [1.29, 1.82) is 0 Å². The van der Waals surface area contributed by atoms with Crippen LogP contribution in [-0.2, 0) is 14.2 Å². The summed E-state index contributed by atoms with van der Waals surface area (Å²) in [5.74, 6) is 0.123. The van der Waals surface area contributed by atoms with Gasteiger partial charge in [0.15, 0.2) is 0 Å². The minimum atomic E-state index is -0.237. The molecule has 1 fully saturated rings. The minimum absolute atomic E-state index is 0.0406. The largest absolute Gasteiger partial charge is 0.382 e. The Hall–Kier alpha value is -0.120. The highest BCUT2D eigenvalue weighted by Gasteiger charge is 2.26. The van der Waals surface area contributed by atoms with Gasteiger partial charge in [0.25, 0.3) is 0 Å². The summed E-state index contributed by atoms with van der Waals surface area (Å²) >= 11 is 0. The van der Waals surface area contributed by atoms with Crippen molar-refractivity contribution in [2.24, 2.45) is 5.92 Å². The molecule has 3 heteroatoms. The zero-order valence-electron chi connectivity index (χ0n) is 7.66. The Morgan fingerprint density at radius 2 is 1.92 bits per heavy atom. The van der Waals surface area contributed by atoms with E-state index in [9.17, 15) is 0 Å². The molecule has 0 spiro atoms. The maximum atomic E-state index is 5.43. The second-order valence-electron chi connectivity index (χ2n) is 3.05. The van der Waals surface area contributed by atoms with Gasteiger partial charge in [-0.3, -0.25) is 0 Å². The van der Waals surface area contributed by atoms with Gasteiger partial charge in [-0.25, -0.2) is 0 Å². The standard InChI is InChI=1S/C9H16O3/c1-6-5-8(10-3)7(2)12-9(6)11-4/h6-9H,1-2,5H2,3-4H3/q-2. The second kappa shape index (κ2) is 4.21. The first-order chi connectivity index (χ1) is 5.69. The molecule has 1 saturated heterocycles. The molecule has 1 heterocycles. The summed E-state index contributed by atoms with van der Waals surface area (Å²) in [6, 6.07) is 0. The Morgan fingerprint density at radius 3 is 2.42 bits per heavy atom. The average Bonchev–Trinajstić information content (AvgIpc) is 2.08. The van der Waals surface area contributed by atoms with Crippen LogP contribution in [0.4, 0.5) is 0 Å². The van der Waals surface area contributed by atoms with Crippen molar-refractivity contribution in [3.8, 4) is 0 Å². The van der Waals surface area contributed by atoms with Gasteiger partial charge >= 0.3 is 0 Å². The lowest BCUT2D eigenvalue weighted by molar-refractivity contribution is -0.222. The molecule has 1 aliphatic rings. The third-order valence-electron chi connectivity index (χ3n) is 2.18. The first-order valence-electron chi connectivity index (χ1n) is 4.06. The molecule has 12 heavy (non-hydrogen) atoms. The van der Waals surface area contributed by atoms with E-state index in [1.54, 1.807) is 14.2 Å². The van der Waals surface area contributed by atoms with Crippen LogP contribution in [0.25, 0.3) is 0 Å². The quantitative estimate of drug-likeness (QED) is 0.583. The topological polar surface area (TPSA) is 27.7 Å². The van der Waals surface area contributed by atoms with Gasteiger partial charge in [-0.2, -0.15) is 0 Å². The third-order valence-corrected chi connectivity index (χ3v) is 2.18. The lowest BCUT2D eigenvalue weighted by atomic mass is 9.96. The van der Waals surface area contributed by atoms with Crippen LogP contribution in [-0.4, -0.2) is 32.7 Å². The van der Waals surface area contributed by atoms with Gasteiger partial charge in [0.2, 0.25) is 0 Å². The first kappa shape index (κ1) is 9.96. The molecule has 4 atom stereocenters. The molecule has 0 aromatic carbocycles. The molecule has 1 rings (SSSR count). The number of ether oxygens (including phenoxy) is 3. The summed E-state index contributed by atoms with van der Waals surface area (Å²) in [7, 11) is 3.27. The van der Waals surface area contributed by atoms with Gasteiger partial charge in [0, 0.05) is 14.2 Å². The Morgan fingerprint density at radius 1 is 1.25 bits per heavy atom. The van der Waals surface area contributed by atoms with Gasteiger partial charge in [0.1, 0.15) is 6.29 Å². The van der Waals surface area contributed by atoms with Crippen LogP contribution in [0.2, 0.25) is 0 Å². The van der Waals surface area contributed by atoms with Crippen LogP contribution >= 0.6 is 0 Å². The van der Waals surface area contributed by atoms with Crippen molar-refractivity contribution >= 4 is 0 Å². The highest BCUT2D eigenvalue weighted by molar-refractivity contribution is 4.84. The maximum absolute atomic E-state index is 5.43. The van der Waals surface area contributed by atoms with Gasteiger partial charge in [-0.1, -0.05) is 0 Å². The van der Waals surface area contributed by atoms with Gasteiger partial charge in [-0.15, -0.1) is 5.92 Å². The Kier molecular flexibility index (Phi) is 3.50. The highest BCUT2D eigenvalue weighted by atomic mass is 16.7. The molecule has 0 N–H and O–H groups in total. The van der Waals surface area contributed by atoms with Crippen molar-refractivity contribution in [1.82, 2.24) is 0 Å². The first-order valence-corrected chi connectivity index (χ1v) is 4.06. The zero-order valence-corrected chi connectivity index (χ0v) is 7.66. The SMILES string of the molecule is [CH2-]C1CC(OC)C([CH2-])OC1OC. The van der Waals surface area contributed by atoms with Crippen LogP contribution in [0, 0.1) is 19.8 Å². The fourth-order valence-electron chi connectivity index (χ4n) is 1.43. The summed E-state index contributed by atoms with van der Waals surface area (Å²) in [6.45, 7) is 7.75. The van der Waals surface area contributed by atoms with E-state index in [0.717, 1.165) is 6.42 Å². The summed E-state index contributed by atoms with van der Waals surface area (Å²) in [5.41, 5.74) is 0. The van der Waals surface area contributed by atoms with Crippen LogP contribution in [0.5, 0.6) is 0 Å². The van der Waals surface area contributed by atoms with E-state index in [4.69, 9.17) is 14.2 Å². The van der Waals surface area contributed by atoms with E-state index in [-0.39, 0.29) is 24.4 Å².